The second-order valence-corrected chi connectivity index (χ2v) is 23.2. The van der Waals surface area contributed by atoms with E-state index in [0.717, 1.165) is 83.5 Å². The van der Waals surface area contributed by atoms with Crippen LogP contribution in [0, 0.1) is 0 Å². The van der Waals surface area contributed by atoms with Gasteiger partial charge in [-0.3, -0.25) is 9.59 Å². The third-order valence-corrected chi connectivity index (χ3v) is 15.7. The summed E-state index contributed by atoms with van der Waals surface area (Å²) >= 11 is 0. The van der Waals surface area contributed by atoms with Crippen molar-refractivity contribution in [2.45, 2.75) is 352 Å². The number of aliphatic hydroxyl groups is 5. The first-order valence-electron chi connectivity index (χ1n) is 33.6. The van der Waals surface area contributed by atoms with Crippen LogP contribution in [-0.2, 0) is 23.8 Å². The summed E-state index contributed by atoms with van der Waals surface area (Å²) in [5.41, 5.74) is 0. The summed E-state index contributed by atoms with van der Waals surface area (Å²) in [4.78, 5) is 26.6. The Hall–Kier alpha value is -2.64. The molecule has 0 radical (unpaired) electrons. The zero-order chi connectivity index (χ0) is 58.2. The van der Waals surface area contributed by atoms with Gasteiger partial charge in [-0.05, 0) is 70.6 Å². The Morgan fingerprint density at radius 3 is 1.31 bits per heavy atom. The molecule has 1 aliphatic heterocycles. The standard InChI is InChI=1S/C69H125NO10/c1-4-7-10-13-16-19-22-24-26-27-28-29-30-31-32-33-34-35-36-37-38-41-44-47-50-53-56-62(73)68(77)70-60(61(72)55-52-49-46-43-40-21-18-15-12-9-6-3)59-78-69-67(66(76)65(75)63(58-71)79-69)80-64(74)57-54-51-48-45-42-39-25-23-20-17-14-11-8-5-2/h16,19,24,26,28-29,31-32,52,55,60-63,65-67,69,71-73,75-76H,4-15,17-18,20-23,25,27,30,33-51,53-54,56-59H2,1-3H3,(H,70,77)/b19-16-,26-24-,29-28-,32-31-,55-52+. The maximum atomic E-state index is 13.5. The number of nitrogens with one attached hydrogen (secondary N) is 1. The quantitative estimate of drug-likeness (QED) is 0.0195. The lowest BCUT2D eigenvalue weighted by molar-refractivity contribution is -0.305. The van der Waals surface area contributed by atoms with Crippen molar-refractivity contribution in [2.24, 2.45) is 0 Å². The number of allylic oxidation sites excluding steroid dienone is 9. The van der Waals surface area contributed by atoms with E-state index in [1.165, 1.54) is 173 Å². The molecule has 1 fully saturated rings. The maximum Gasteiger partial charge on any atom is 0.306 e. The van der Waals surface area contributed by atoms with Gasteiger partial charge in [0.1, 0.15) is 24.4 Å². The highest BCUT2D eigenvalue weighted by atomic mass is 16.7. The van der Waals surface area contributed by atoms with Crippen LogP contribution in [0.2, 0.25) is 0 Å². The van der Waals surface area contributed by atoms with Gasteiger partial charge >= 0.3 is 5.97 Å². The molecule has 1 rings (SSSR count). The first kappa shape index (κ1) is 75.4. The third kappa shape index (κ3) is 44.0. The predicted octanol–water partition coefficient (Wildman–Crippen LogP) is 16.6. The average Bonchev–Trinajstić information content (AvgIpc) is 3.46. The van der Waals surface area contributed by atoms with Crippen LogP contribution in [0.5, 0.6) is 0 Å². The Kier molecular flexibility index (Phi) is 53.5. The number of carbonyl (C=O) groups is 2. The van der Waals surface area contributed by atoms with Crippen molar-refractivity contribution < 1.29 is 49.3 Å². The summed E-state index contributed by atoms with van der Waals surface area (Å²) in [6.07, 6.45) is 61.2. The van der Waals surface area contributed by atoms with E-state index in [1.807, 2.05) is 6.08 Å². The number of unbranched alkanes of at least 4 members (excludes halogenated alkanes) is 35. The van der Waals surface area contributed by atoms with Gasteiger partial charge < -0.3 is 45.1 Å². The minimum absolute atomic E-state index is 0.126. The van der Waals surface area contributed by atoms with E-state index >= 15 is 0 Å². The van der Waals surface area contributed by atoms with Crippen molar-refractivity contribution in [2.75, 3.05) is 13.2 Å². The molecule has 11 nitrogen and oxygen atoms in total. The third-order valence-electron chi connectivity index (χ3n) is 15.7. The van der Waals surface area contributed by atoms with Gasteiger partial charge in [0.2, 0.25) is 5.91 Å². The molecule has 1 saturated heterocycles. The smallest absolute Gasteiger partial charge is 0.306 e. The summed E-state index contributed by atoms with van der Waals surface area (Å²) in [6, 6.07) is -1.03. The number of amides is 1. The molecular weight excluding hydrogens is 1000 g/mol. The Bertz CT molecular complexity index is 1530. The number of aliphatic hydroxyl groups excluding tert-OH is 5. The highest BCUT2D eigenvalue weighted by molar-refractivity contribution is 5.80. The fraction of sp³-hybridized carbons (Fsp3) is 0.826. The summed E-state index contributed by atoms with van der Waals surface area (Å²) in [6.45, 7) is 5.77. The topological polar surface area (TPSA) is 175 Å². The van der Waals surface area contributed by atoms with Gasteiger partial charge in [-0.25, -0.2) is 0 Å². The number of rotatable bonds is 57. The lowest BCUT2D eigenvalue weighted by Crippen LogP contribution is -2.61. The van der Waals surface area contributed by atoms with Crippen molar-refractivity contribution >= 4 is 11.9 Å². The van der Waals surface area contributed by atoms with Gasteiger partial charge in [-0.1, -0.05) is 287 Å². The van der Waals surface area contributed by atoms with Crippen LogP contribution in [0.1, 0.15) is 303 Å². The van der Waals surface area contributed by atoms with Crippen LogP contribution >= 0.6 is 0 Å². The van der Waals surface area contributed by atoms with E-state index in [2.05, 4.69) is 74.7 Å². The molecule has 6 N–H and O–H groups in total. The molecule has 0 spiro atoms. The summed E-state index contributed by atoms with van der Waals surface area (Å²) < 4.78 is 17.6. The van der Waals surface area contributed by atoms with Gasteiger partial charge in [0.05, 0.1) is 25.4 Å². The molecule has 0 aliphatic carbocycles. The van der Waals surface area contributed by atoms with Crippen LogP contribution in [0.25, 0.3) is 0 Å². The number of esters is 1. The Morgan fingerprint density at radius 1 is 0.487 bits per heavy atom. The number of ether oxygens (including phenoxy) is 3. The van der Waals surface area contributed by atoms with E-state index in [-0.39, 0.29) is 19.4 Å². The minimum Gasteiger partial charge on any atom is -0.454 e. The fourth-order valence-corrected chi connectivity index (χ4v) is 10.3. The van der Waals surface area contributed by atoms with Gasteiger partial charge in [0.15, 0.2) is 12.4 Å². The number of hydrogen-bond donors (Lipinski definition) is 6. The molecule has 0 saturated carbocycles. The van der Waals surface area contributed by atoms with Crippen LogP contribution in [-0.4, -0.2) is 99.6 Å². The number of carbonyl (C=O) groups excluding carboxylic acids is 2. The molecular formula is C69H125NO10. The minimum atomic E-state index is -1.61. The molecule has 1 aliphatic rings. The highest BCUT2D eigenvalue weighted by Gasteiger charge is 2.47. The molecule has 466 valence electrons. The van der Waals surface area contributed by atoms with Crippen LogP contribution in [0.4, 0.5) is 0 Å². The summed E-state index contributed by atoms with van der Waals surface area (Å²) in [5.74, 6) is -1.19. The molecule has 0 bridgehead atoms. The zero-order valence-corrected chi connectivity index (χ0v) is 51.7. The van der Waals surface area contributed by atoms with E-state index < -0.39 is 67.4 Å². The first-order chi connectivity index (χ1) is 39.2. The Labute approximate surface area is 490 Å². The maximum absolute atomic E-state index is 13.5. The van der Waals surface area contributed by atoms with E-state index in [4.69, 9.17) is 14.2 Å². The molecule has 11 heteroatoms. The normalized spacial score (nSPS) is 19.1. The lowest BCUT2D eigenvalue weighted by Gasteiger charge is -2.41. The predicted molar refractivity (Wildman–Crippen MR) is 333 cm³/mol. The molecule has 8 unspecified atom stereocenters. The van der Waals surface area contributed by atoms with E-state index in [9.17, 15) is 35.1 Å². The summed E-state index contributed by atoms with van der Waals surface area (Å²) in [7, 11) is 0. The second kappa shape index (κ2) is 56.8. The van der Waals surface area contributed by atoms with Crippen molar-refractivity contribution in [1.82, 2.24) is 5.32 Å². The van der Waals surface area contributed by atoms with Gasteiger partial charge in [0, 0.05) is 6.42 Å². The SMILES string of the molecule is CCCCC/C=C\C/C=C\C/C=C\C/C=C\CCCCCCCCCCCCC(O)C(=O)NC(COC1OC(CO)C(O)C(O)C1OC(=O)CCCCCCCCCCCCCCCC)C(O)/C=C/CCCCCCCCCCC. The van der Waals surface area contributed by atoms with E-state index in [0.29, 0.717) is 12.8 Å². The van der Waals surface area contributed by atoms with Crippen molar-refractivity contribution in [1.29, 1.82) is 0 Å². The zero-order valence-electron chi connectivity index (χ0n) is 51.7. The van der Waals surface area contributed by atoms with Crippen molar-refractivity contribution in [3.8, 4) is 0 Å². The first-order valence-corrected chi connectivity index (χ1v) is 33.6. The van der Waals surface area contributed by atoms with Crippen LogP contribution in [0.15, 0.2) is 60.8 Å². The molecule has 80 heavy (non-hydrogen) atoms. The highest BCUT2D eigenvalue weighted by Crippen LogP contribution is 2.26. The van der Waals surface area contributed by atoms with Gasteiger partial charge in [-0.15, -0.1) is 0 Å². The monoisotopic (exact) mass is 1130 g/mol. The van der Waals surface area contributed by atoms with Crippen LogP contribution in [0.3, 0.4) is 0 Å². The molecule has 1 amide bonds. The molecule has 0 aromatic rings. The second-order valence-electron chi connectivity index (χ2n) is 23.2. The molecule has 0 aromatic heterocycles. The van der Waals surface area contributed by atoms with Crippen LogP contribution < -0.4 is 5.32 Å². The average molecular weight is 1130 g/mol. The molecule has 0 aromatic carbocycles. The van der Waals surface area contributed by atoms with Gasteiger partial charge in [0.25, 0.3) is 0 Å². The largest absolute Gasteiger partial charge is 0.454 e. The summed E-state index contributed by atoms with van der Waals surface area (Å²) in [5, 5.41) is 57.0. The van der Waals surface area contributed by atoms with Crippen molar-refractivity contribution in [3.63, 3.8) is 0 Å². The fourth-order valence-electron chi connectivity index (χ4n) is 10.3. The lowest BCUT2D eigenvalue weighted by atomic mass is 9.99. The van der Waals surface area contributed by atoms with Gasteiger partial charge in [-0.2, -0.15) is 0 Å². The Morgan fingerprint density at radius 2 is 0.863 bits per heavy atom. The molecule has 1 heterocycles. The Balaban J connectivity index is 2.57. The van der Waals surface area contributed by atoms with E-state index in [1.54, 1.807) is 6.08 Å². The molecule has 8 atom stereocenters. The number of hydrogen-bond acceptors (Lipinski definition) is 10. The van der Waals surface area contributed by atoms with Crippen molar-refractivity contribution in [3.05, 3.63) is 60.8 Å².